The second-order valence-corrected chi connectivity index (χ2v) is 5.52. The van der Waals surface area contributed by atoms with Crippen LogP contribution in [0.5, 0.6) is 5.75 Å². The van der Waals surface area contributed by atoms with Crippen LogP contribution in [0.25, 0.3) is 0 Å². The molecule has 0 aromatic heterocycles. The summed E-state index contributed by atoms with van der Waals surface area (Å²) in [5.74, 6) is 0.502. The van der Waals surface area contributed by atoms with Crippen molar-refractivity contribution in [2.45, 2.75) is 13.5 Å². The van der Waals surface area contributed by atoms with Gasteiger partial charge in [-0.15, -0.1) is 0 Å². The van der Waals surface area contributed by atoms with Gasteiger partial charge in [-0.1, -0.05) is 29.8 Å². The third-order valence-corrected chi connectivity index (χ3v) is 3.42. The lowest BCUT2D eigenvalue weighted by Gasteiger charge is -2.09. The van der Waals surface area contributed by atoms with Crippen LogP contribution in [-0.2, 0) is 16.1 Å². The van der Waals surface area contributed by atoms with Gasteiger partial charge in [0.25, 0.3) is 5.91 Å². The van der Waals surface area contributed by atoms with Gasteiger partial charge in [0, 0.05) is 25.9 Å². The molecule has 0 bridgehead atoms. The fourth-order valence-corrected chi connectivity index (χ4v) is 2.14. The van der Waals surface area contributed by atoms with Crippen molar-refractivity contribution in [3.63, 3.8) is 0 Å². The standard InChI is InChI=1S/C19H24N2O3/c1-15-6-8-17(9-7-15)21-19(22)14-24-18-5-3-4-16(12-18)13-20-10-11-23-2/h3-9,12,20H,10-11,13-14H2,1-2H3,(H,21,22). The number of aryl methyl sites for hydroxylation is 1. The Balaban J connectivity index is 1.78. The third kappa shape index (κ3) is 6.40. The summed E-state index contributed by atoms with van der Waals surface area (Å²) >= 11 is 0. The summed E-state index contributed by atoms with van der Waals surface area (Å²) in [7, 11) is 1.68. The minimum absolute atomic E-state index is 0.0194. The van der Waals surface area contributed by atoms with E-state index in [-0.39, 0.29) is 12.5 Å². The molecule has 0 fully saturated rings. The molecule has 0 atom stereocenters. The minimum atomic E-state index is -0.178. The molecular weight excluding hydrogens is 304 g/mol. The maximum atomic E-state index is 11.9. The molecule has 0 radical (unpaired) electrons. The first kappa shape index (κ1) is 18.0. The van der Waals surface area contributed by atoms with Crippen molar-refractivity contribution in [1.82, 2.24) is 5.32 Å². The normalized spacial score (nSPS) is 10.4. The molecule has 0 aliphatic carbocycles. The van der Waals surface area contributed by atoms with Gasteiger partial charge in [0.05, 0.1) is 6.61 Å². The maximum Gasteiger partial charge on any atom is 0.262 e. The van der Waals surface area contributed by atoms with Gasteiger partial charge >= 0.3 is 0 Å². The van der Waals surface area contributed by atoms with Crippen LogP contribution < -0.4 is 15.4 Å². The molecule has 2 N–H and O–H groups in total. The highest BCUT2D eigenvalue weighted by Crippen LogP contribution is 2.14. The van der Waals surface area contributed by atoms with E-state index in [1.165, 1.54) is 0 Å². The van der Waals surface area contributed by atoms with E-state index < -0.39 is 0 Å². The number of hydrogen-bond donors (Lipinski definition) is 2. The van der Waals surface area contributed by atoms with E-state index in [2.05, 4.69) is 10.6 Å². The van der Waals surface area contributed by atoms with Crippen molar-refractivity contribution in [2.75, 3.05) is 32.2 Å². The number of carbonyl (C=O) groups excluding carboxylic acids is 1. The fourth-order valence-electron chi connectivity index (χ4n) is 2.14. The van der Waals surface area contributed by atoms with Crippen molar-refractivity contribution in [1.29, 1.82) is 0 Å². The van der Waals surface area contributed by atoms with Crippen LogP contribution in [0, 0.1) is 6.92 Å². The van der Waals surface area contributed by atoms with Gasteiger partial charge in [0.15, 0.2) is 6.61 Å². The average Bonchev–Trinajstić information content (AvgIpc) is 2.59. The molecule has 0 saturated heterocycles. The highest BCUT2D eigenvalue weighted by atomic mass is 16.5. The van der Waals surface area contributed by atoms with E-state index in [9.17, 15) is 4.79 Å². The fraction of sp³-hybridized carbons (Fsp3) is 0.316. The van der Waals surface area contributed by atoms with E-state index >= 15 is 0 Å². The van der Waals surface area contributed by atoms with Gasteiger partial charge < -0.3 is 20.1 Å². The van der Waals surface area contributed by atoms with Crippen LogP contribution in [-0.4, -0.2) is 32.8 Å². The zero-order valence-corrected chi connectivity index (χ0v) is 14.2. The van der Waals surface area contributed by atoms with Crippen LogP contribution in [0.3, 0.4) is 0 Å². The Morgan fingerprint density at radius 1 is 1.12 bits per heavy atom. The van der Waals surface area contributed by atoms with Crippen molar-refractivity contribution in [3.05, 3.63) is 59.7 Å². The number of ether oxygens (including phenoxy) is 2. The molecule has 128 valence electrons. The second kappa shape index (κ2) is 9.70. The molecule has 0 unspecified atom stereocenters. The summed E-state index contributed by atoms with van der Waals surface area (Å²) in [5, 5.41) is 6.08. The Morgan fingerprint density at radius 2 is 1.92 bits per heavy atom. The first-order valence-electron chi connectivity index (χ1n) is 7.95. The van der Waals surface area contributed by atoms with Gasteiger partial charge in [-0.05, 0) is 36.8 Å². The summed E-state index contributed by atoms with van der Waals surface area (Å²) in [6.07, 6.45) is 0. The zero-order chi connectivity index (χ0) is 17.2. The van der Waals surface area contributed by atoms with Gasteiger partial charge in [0.1, 0.15) is 5.75 Å². The Bertz CT molecular complexity index is 641. The Kier molecular flexibility index (Phi) is 7.26. The predicted molar refractivity (Wildman–Crippen MR) is 95.3 cm³/mol. The molecule has 2 aromatic carbocycles. The molecular formula is C19H24N2O3. The van der Waals surface area contributed by atoms with E-state index in [0.717, 1.165) is 29.9 Å². The maximum absolute atomic E-state index is 11.9. The number of nitrogens with one attached hydrogen (secondary N) is 2. The van der Waals surface area contributed by atoms with Gasteiger partial charge in [-0.2, -0.15) is 0 Å². The van der Waals surface area contributed by atoms with Crippen LogP contribution in [0.1, 0.15) is 11.1 Å². The van der Waals surface area contributed by atoms with Crippen molar-refractivity contribution >= 4 is 11.6 Å². The van der Waals surface area contributed by atoms with Gasteiger partial charge in [0.2, 0.25) is 0 Å². The first-order chi connectivity index (χ1) is 11.7. The van der Waals surface area contributed by atoms with Crippen LogP contribution in [0.15, 0.2) is 48.5 Å². The average molecular weight is 328 g/mol. The predicted octanol–water partition coefficient (Wildman–Crippen LogP) is 2.75. The number of amides is 1. The number of rotatable bonds is 9. The number of hydrogen-bond acceptors (Lipinski definition) is 4. The first-order valence-corrected chi connectivity index (χ1v) is 7.95. The molecule has 24 heavy (non-hydrogen) atoms. The van der Waals surface area contributed by atoms with Gasteiger partial charge in [-0.3, -0.25) is 4.79 Å². The Labute approximate surface area is 143 Å². The molecule has 0 spiro atoms. The number of methoxy groups -OCH3 is 1. The molecule has 2 aromatic rings. The van der Waals surface area contributed by atoms with Crippen molar-refractivity contribution in [3.8, 4) is 5.75 Å². The van der Waals surface area contributed by atoms with Gasteiger partial charge in [-0.25, -0.2) is 0 Å². The highest BCUT2D eigenvalue weighted by molar-refractivity contribution is 5.91. The molecule has 0 aliphatic rings. The minimum Gasteiger partial charge on any atom is -0.484 e. The number of carbonyl (C=O) groups is 1. The van der Waals surface area contributed by atoms with E-state index in [4.69, 9.17) is 9.47 Å². The summed E-state index contributed by atoms with van der Waals surface area (Å²) < 4.78 is 10.6. The third-order valence-electron chi connectivity index (χ3n) is 3.42. The molecule has 0 heterocycles. The highest BCUT2D eigenvalue weighted by Gasteiger charge is 2.04. The zero-order valence-electron chi connectivity index (χ0n) is 14.2. The monoisotopic (exact) mass is 328 g/mol. The lowest BCUT2D eigenvalue weighted by atomic mass is 10.2. The quantitative estimate of drug-likeness (QED) is 0.695. The lowest BCUT2D eigenvalue weighted by molar-refractivity contribution is -0.118. The summed E-state index contributed by atoms with van der Waals surface area (Å²) in [6.45, 7) is 4.19. The van der Waals surface area contributed by atoms with E-state index in [1.54, 1.807) is 7.11 Å². The molecule has 0 saturated carbocycles. The van der Waals surface area contributed by atoms with Crippen LogP contribution in [0.4, 0.5) is 5.69 Å². The van der Waals surface area contributed by atoms with Crippen molar-refractivity contribution in [2.24, 2.45) is 0 Å². The largest absolute Gasteiger partial charge is 0.484 e. The van der Waals surface area contributed by atoms with Crippen LogP contribution >= 0.6 is 0 Å². The summed E-state index contributed by atoms with van der Waals surface area (Å²) in [4.78, 5) is 11.9. The molecule has 0 aliphatic heterocycles. The summed E-state index contributed by atoms with van der Waals surface area (Å²) in [6, 6.07) is 15.4. The van der Waals surface area contributed by atoms with E-state index in [1.807, 2.05) is 55.5 Å². The van der Waals surface area contributed by atoms with Crippen LogP contribution in [0.2, 0.25) is 0 Å². The molecule has 5 nitrogen and oxygen atoms in total. The van der Waals surface area contributed by atoms with Crippen molar-refractivity contribution < 1.29 is 14.3 Å². The topological polar surface area (TPSA) is 59.6 Å². The molecule has 1 amide bonds. The summed E-state index contributed by atoms with van der Waals surface area (Å²) in [5.41, 5.74) is 3.02. The molecule has 2 rings (SSSR count). The Morgan fingerprint density at radius 3 is 2.67 bits per heavy atom. The number of benzene rings is 2. The smallest absolute Gasteiger partial charge is 0.262 e. The SMILES string of the molecule is COCCNCc1cccc(OCC(=O)Nc2ccc(C)cc2)c1. The molecule has 5 heteroatoms. The second-order valence-electron chi connectivity index (χ2n) is 5.52. The van der Waals surface area contributed by atoms with E-state index in [0.29, 0.717) is 12.4 Å². The Hall–Kier alpha value is -2.37. The lowest BCUT2D eigenvalue weighted by Crippen LogP contribution is -2.20. The number of anilines is 1.